The lowest BCUT2D eigenvalue weighted by Gasteiger charge is -2.03. The summed E-state index contributed by atoms with van der Waals surface area (Å²) in [5.41, 5.74) is 0. The van der Waals surface area contributed by atoms with Gasteiger partial charge >= 0.3 is 0 Å². The van der Waals surface area contributed by atoms with Crippen LogP contribution in [0.25, 0.3) is 0 Å². The Morgan fingerprint density at radius 2 is 1.42 bits per heavy atom. The summed E-state index contributed by atoms with van der Waals surface area (Å²) >= 11 is 0. The van der Waals surface area contributed by atoms with Gasteiger partial charge in [0.2, 0.25) is 5.84 Å². The van der Waals surface area contributed by atoms with Crippen molar-refractivity contribution in [2.45, 2.75) is 103 Å². The summed E-state index contributed by atoms with van der Waals surface area (Å²) < 4.78 is 2.30. The minimum absolute atomic E-state index is 0.262. The van der Waals surface area contributed by atoms with E-state index < -0.39 is 0 Å². The molecule has 0 aromatic heterocycles. The van der Waals surface area contributed by atoms with Gasteiger partial charge in [-0.1, -0.05) is 76.9 Å². The first kappa shape index (κ1) is 23.2. The van der Waals surface area contributed by atoms with Crippen molar-refractivity contribution >= 4 is 5.84 Å². The molecule has 0 aromatic carbocycles. The van der Waals surface area contributed by atoms with Crippen LogP contribution in [0.15, 0.2) is 12.2 Å². The van der Waals surface area contributed by atoms with Gasteiger partial charge in [-0.15, -0.1) is 0 Å². The van der Waals surface area contributed by atoms with Gasteiger partial charge in [0.1, 0.15) is 19.6 Å². The van der Waals surface area contributed by atoms with Crippen molar-refractivity contribution in [2.24, 2.45) is 0 Å². The van der Waals surface area contributed by atoms with Gasteiger partial charge in [-0.2, -0.15) is 0 Å². The normalized spacial score (nSPS) is 14.5. The van der Waals surface area contributed by atoms with Crippen LogP contribution in [-0.2, 0) is 0 Å². The Morgan fingerprint density at radius 3 is 2.04 bits per heavy atom. The predicted octanol–water partition coefficient (Wildman–Crippen LogP) is 5.42. The van der Waals surface area contributed by atoms with E-state index in [9.17, 15) is 0 Å². The Bertz CT molecular complexity index is 376. The number of unbranched alkanes of at least 4 members (excludes halogenated alkanes) is 12. The van der Waals surface area contributed by atoms with Gasteiger partial charge < -0.3 is 5.11 Å². The third-order valence-corrected chi connectivity index (χ3v) is 5.39. The van der Waals surface area contributed by atoms with Crippen LogP contribution >= 0.6 is 0 Å². The summed E-state index contributed by atoms with van der Waals surface area (Å²) in [6.45, 7) is 5.43. The number of rotatable bonds is 18. The molecule has 0 spiro atoms. The second kappa shape index (κ2) is 17.6. The Balaban J connectivity index is 1.82. The topological polar surface area (TPSA) is 35.3 Å². The molecule has 0 amide bonds. The molecular formula is C23H45N2O+. The monoisotopic (exact) mass is 365 g/mol. The summed E-state index contributed by atoms with van der Waals surface area (Å²) in [5, 5.41) is 12.5. The maximum atomic E-state index is 9.07. The fourth-order valence-electron chi connectivity index (χ4n) is 3.74. The van der Waals surface area contributed by atoms with Gasteiger partial charge in [0.15, 0.2) is 0 Å². The van der Waals surface area contributed by atoms with Crippen molar-refractivity contribution in [1.29, 1.82) is 0 Å². The number of β-amino-alcohol motifs (C(OH)–C–C–N with tert-alkyl or cyclic N) is 1. The van der Waals surface area contributed by atoms with Crippen LogP contribution in [0, 0.1) is 0 Å². The molecule has 1 aliphatic heterocycles. The van der Waals surface area contributed by atoms with Crippen molar-refractivity contribution in [3.05, 3.63) is 12.2 Å². The Labute approximate surface area is 163 Å². The van der Waals surface area contributed by atoms with Crippen LogP contribution in [0.3, 0.4) is 0 Å². The van der Waals surface area contributed by atoms with Crippen molar-refractivity contribution in [3.8, 4) is 0 Å². The van der Waals surface area contributed by atoms with E-state index >= 15 is 0 Å². The molecule has 1 aliphatic rings. The maximum Gasteiger partial charge on any atom is 0.245 e. The third kappa shape index (κ3) is 12.5. The lowest BCUT2D eigenvalue weighted by Crippen LogP contribution is -2.24. The minimum atomic E-state index is 0.262. The van der Waals surface area contributed by atoms with Crippen LogP contribution < -0.4 is 5.32 Å². The molecule has 0 radical (unpaired) electrons. The van der Waals surface area contributed by atoms with Gasteiger partial charge in [0, 0.05) is 6.42 Å². The van der Waals surface area contributed by atoms with Crippen LogP contribution in [0.5, 0.6) is 0 Å². The van der Waals surface area contributed by atoms with Crippen molar-refractivity contribution in [2.75, 3.05) is 26.2 Å². The molecule has 0 aromatic rings. The number of amidine groups is 1. The highest BCUT2D eigenvalue weighted by Crippen LogP contribution is 2.11. The first-order chi connectivity index (χ1) is 12.9. The fraction of sp³-hybridized carbons (Fsp3) is 0.870. The molecule has 1 rings (SSSR count). The predicted molar refractivity (Wildman–Crippen MR) is 114 cm³/mol. The average Bonchev–Trinajstić information content (AvgIpc) is 3.09. The van der Waals surface area contributed by atoms with E-state index in [0.717, 1.165) is 26.1 Å². The number of nitrogens with one attached hydrogen (secondary N) is 1. The molecule has 0 unspecified atom stereocenters. The van der Waals surface area contributed by atoms with Crippen molar-refractivity contribution in [1.82, 2.24) is 5.32 Å². The summed E-state index contributed by atoms with van der Waals surface area (Å²) in [6, 6.07) is 0. The highest BCUT2D eigenvalue weighted by molar-refractivity contribution is 5.78. The highest BCUT2D eigenvalue weighted by Gasteiger charge is 2.19. The number of allylic oxidation sites excluding steroid dienone is 2. The zero-order valence-corrected chi connectivity index (χ0v) is 17.5. The summed E-state index contributed by atoms with van der Waals surface area (Å²) in [7, 11) is 0. The molecule has 0 saturated carbocycles. The second-order valence-electron chi connectivity index (χ2n) is 7.77. The Hall–Kier alpha value is -0.830. The molecule has 0 fully saturated rings. The molecule has 26 heavy (non-hydrogen) atoms. The first-order valence-corrected chi connectivity index (χ1v) is 11.5. The van der Waals surface area contributed by atoms with Gasteiger partial charge in [-0.05, 0) is 32.1 Å². The lowest BCUT2D eigenvalue weighted by atomic mass is 10.1. The number of nitrogens with zero attached hydrogens (tertiary/aromatic N) is 1. The molecular weight excluding hydrogens is 320 g/mol. The van der Waals surface area contributed by atoms with Crippen molar-refractivity contribution < 1.29 is 9.68 Å². The van der Waals surface area contributed by atoms with Gasteiger partial charge in [-0.3, -0.25) is 9.89 Å². The smallest absolute Gasteiger partial charge is 0.245 e. The van der Waals surface area contributed by atoms with Gasteiger partial charge in [-0.25, -0.2) is 0 Å². The molecule has 152 valence electrons. The zero-order chi connectivity index (χ0) is 18.7. The molecule has 0 bridgehead atoms. The van der Waals surface area contributed by atoms with E-state index in [4.69, 9.17) is 5.11 Å². The number of hydrogen-bond donors (Lipinski definition) is 2. The number of hydrogen-bond acceptors (Lipinski definition) is 2. The second-order valence-corrected chi connectivity index (χ2v) is 7.77. The maximum absolute atomic E-state index is 9.07. The number of aliphatic hydroxyl groups excluding tert-OH is 1. The fourth-order valence-corrected chi connectivity index (χ4v) is 3.74. The van der Waals surface area contributed by atoms with Gasteiger partial charge in [0.25, 0.3) is 0 Å². The minimum Gasteiger partial charge on any atom is -0.392 e. The van der Waals surface area contributed by atoms with E-state index in [1.807, 2.05) is 0 Å². The van der Waals surface area contributed by atoms with E-state index in [1.165, 1.54) is 95.7 Å². The van der Waals surface area contributed by atoms with Crippen LogP contribution in [0.4, 0.5) is 0 Å². The van der Waals surface area contributed by atoms with Gasteiger partial charge in [0.05, 0.1) is 6.61 Å². The van der Waals surface area contributed by atoms with E-state index in [0.29, 0.717) is 0 Å². The molecule has 1 heterocycles. The number of aliphatic hydroxyl groups is 1. The largest absolute Gasteiger partial charge is 0.392 e. The third-order valence-electron chi connectivity index (χ3n) is 5.39. The van der Waals surface area contributed by atoms with E-state index in [1.54, 1.807) is 0 Å². The Morgan fingerprint density at radius 1 is 0.846 bits per heavy atom. The quantitative estimate of drug-likeness (QED) is 0.193. The SMILES string of the molecule is CCCCCCCC/C=C\CCCCCCCCC1=[N+](CCO)CCN1. The summed E-state index contributed by atoms with van der Waals surface area (Å²) in [5.74, 6) is 1.36. The summed E-state index contributed by atoms with van der Waals surface area (Å²) in [4.78, 5) is 0. The molecule has 3 heteroatoms. The van der Waals surface area contributed by atoms with Crippen LogP contribution in [0.1, 0.15) is 103 Å². The van der Waals surface area contributed by atoms with Crippen LogP contribution in [0.2, 0.25) is 0 Å². The first-order valence-electron chi connectivity index (χ1n) is 11.5. The Kier molecular flexibility index (Phi) is 15.7. The lowest BCUT2D eigenvalue weighted by molar-refractivity contribution is -0.521. The average molecular weight is 366 g/mol. The van der Waals surface area contributed by atoms with E-state index in [2.05, 4.69) is 29.0 Å². The molecule has 3 nitrogen and oxygen atoms in total. The van der Waals surface area contributed by atoms with Crippen molar-refractivity contribution in [3.63, 3.8) is 0 Å². The molecule has 0 saturated heterocycles. The van der Waals surface area contributed by atoms with Crippen LogP contribution in [-0.4, -0.2) is 41.8 Å². The molecule has 0 aliphatic carbocycles. The zero-order valence-electron chi connectivity index (χ0n) is 17.5. The van der Waals surface area contributed by atoms with E-state index in [-0.39, 0.29) is 6.61 Å². The summed E-state index contributed by atoms with van der Waals surface area (Å²) in [6.07, 6.45) is 25.0. The molecule has 2 N–H and O–H groups in total. The highest BCUT2D eigenvalue weighted by atomic mass is 16.3. The molecule has 0 atom stereocenters. The standard InChI is InChI=1S/C23H44N2O/c1-2-3-4-5-6-7-8-9-10-11-12-13-14-15-16-17-18-23-24-19-20-25(23)21-22-26/h9-10,26H,2-8,11-22H2,1H3/p+1/b10-9-.